The van der Waals surface area contributed by atoms with Crippen molar-refractivity contribution < 1.29 is 18.0 Å². The van der Waals surface area contributed by atoms with Crippen molar-refractivity contribution in [1.82, 2.24) is 15.1 Å². The lowest BCUT2D eigenvalue weighted by Crippen LogP contribution is -2.45. The van der Waals surface area contributed by atoms with E-state index in [0.29, 0.717) is 12.1 Å². The fourth-order valence-corrected chi connectivity index (χ4v) is 3.64. The number of piperazine rings is 1. The molecule has 1 aliphatic heterocycles. The van der Waals surface area contributed by atoms with Crippen LogP contribution < -0.4 is 5.32 Å². The van der Waals surface area contributed by atoms with Crippen molar-refractivity contribution in [3.63, 3.8) is 0 Å². The Morgan fingerprint density at radius 1 is 0.933 bits per heavy atom. The average Bonchev–Trinajstić information content (AvgIpc) is 2.73. The molecule has 162 valence electrons. The molecule has 0 bridgehead atoms. The first-order chi connectivity index (χ1) is 14.3. The minimum absolute atomic E-state index is 0.0548. The van der Waals surface area contributed by atoms with Crippen molar-refractivity contribution in [2.24, 2.45) is 0 Å². The van der Waals surface area contributed by atoms with Crippen LogP contribution in [0.15, 0.2) is 48.5 Å². The lowest BCUT2D eigenvalue weighted by atomic mass is 10.1. The van der Waals surface area contributed by atoms with Crippen LogP contribution in [0.25, 0.3) is 0 Å². The standard InChI is InChI=1S/C23H28F3N3O/c1-2-28-11-13-29(14-12-28)17-20-6-4-3-5-19(20)16-27-22(30)15-18-7-9-21(10-8-18)23(24,25)26/h3-10H,2,11-17H2,1H3,(H,27,30). The summed E-state index contributed by atoms with van der Waals surface area (Å²) in [6, 6.07) is 12.8. The lowest BCUT2D eigenvalue weighted by molar-refractivity contribution is -0.137. The van der Waals surface area contributed by atoms with E-state index < -0.39 is 11.7 Å². The summed E-state index contributed by atoms with van der Waals surface area (Å²) in [6.45, 7) is 8.72. The first-order valence-electron chi connectivity index (χ1n) is 10.3. The summed E-state index contributed by atoms with van der Waals surface area (Å²) in [6.07, 6.45) is -4.31. The zero-order chi connectivity index (χ0) is 21.6. The molecule has 0 aliphatic carbocycles. The summed E-state index contributed by atoms with van der Waals surface area (Å²) >= 11 is 0. The molecule has 0 aromatic heterocycles. The Kier molecular flexibility index (Phi) is 7.50. The maximum atomic E-state index is 12.6. The number of nitrogens with one attached hydrogen (secondary N) is 1. The molecule has 0 radical (unpaired) electrons. The van der Waals surface area contributed by atoms with Gasteiger partial charge < -0.3 is 10.2 Å². The molecule has 1 N–H and O–H groups in total. The molecule has 2 aromatic carbocycles. The Morgan fingerprint density at radius 3 is 2.13 bits per heavy atom. The summed E-state index contributed by atoms with van der Waals surface area (Å²) in [5, 5.41) is 2.90. The van der Waals surface area contributed by atoms with E-state index in [1.54, 1.807) is 0 Å². The van der Waals surface area contributed by atoms with Crippen molar-refractivity contribution in [2.75, 3.05) is 32.7 Å². The van der Waals surface area contributed by atoms with Crippen LogP contribution >= 0.6 is 0 Å². The summed E-state index contributed by atoms with van der Waals surface area (Å²) in [7, 11) is 0. The molecule has 1 fully saturated rings. The highest BCUT2D eigenvalue weighted by molar-refractivity contribution is 5.78. The average molecular weight is 419 g/mol. The predicted octanol–water partition coefficient (Wildman–Crippen LogP) is 3.70. The van der Waals surface area contributed by atoms with Crippen LogP contribution in [0.5, 0.6) is 0 Å². The number of rotatable bonds is 7. The topological polar surface area (TPSA) is 35.6 Å². The Hall–Kier alpha value is -2.38. The highest BCUT2D eigenvalue weighted by Crippen LogP contribution is 2.29. The number of carbonyl (C=O) groups is 1. The van der Waals surface area contributed by atoms with E-state index in [4.69, 9.17) is 0 Å². The zero-order valence-corrected chi connectivity index (χ0v) is 17.2. The van der Waals surface area contributed by atoms with E-state index in [9.17, 15) is 18.0 Å². The van der Waals surface area contributed by atoms with E-state index in [1.165, 1.54) is 17.7 Å². The van der Waals surface area contributed by atoms with E-state index in [0.717, 1.165) is 57.0 Å². The van der Waals surface area contributed by atoms with Crippen molar-refractivity contribution in [3.05, 3.63) is 70.8 Å². The Labute approximate surface area is 175 Å². The lowest BCUT2D eigenvalue weighted by Gasteiger charge is -2.34. The number of likely N-dealkylation sites (N-methyl/N-ethyl adjacent to an activating group) is 1. The van der Waals surface area contributed by atoms with Gasteiger partial charge in [0.25, 0.3) is 0 Å². The van der Waals surface area contributed by atoms with Gasteiger partial charge >= 0.3 is 6.18 Å². The van der Waals surface area contributed by atoms with Gasteiger partial charge in [-0.3, -0.25) is 9.69 Å². The number of hydrogen-bond acceptors (Lipinski definition) is 3. The third-order valence-electron chi connectivity index (χ3n) is 5.55. The normalized spacial score (nSPS) is 15.9. The summed E-state index contributed by atoms with van der Waals surface area (Å²) in [5.41, 5.74) is 2.11. The van der Waals surface area contributed by atoms with Gasteiger partial charge in [0, 0.05) is 39.3 Å². The number of halogens is 3. The van der Waals surface area contributed by atoms with Gasteiger partial charge in [-0.25, -0.2) is 0 Å². The van der Waals surface area contributed by atoms with Gasteiger partial charge in [-0.2, -0.15) is 13.2 Å². The molecule has 4 nitrogen and oxygen atoms in total. The maximum Gasteiger partial charge on any atom is 0.416 e. The minimum Gasteiger partial charge on any atom is -0.352 e. The van der Waals surface area contributed by atoms with Crippen molar-refractivity contribution in [2.45, 2.75) is 32.6 Å². The van der Waals surface area contributed by atoms with Crippen LogP contribution in [-0.4, -0.2) is 48.4 Å². The number of amides is 1. The maximum absolute atomic E-state index is 12.6. The van der Waals surface area contributed by atoms with Crippen molar-refractivity contribution in [1.29, 1.82) is 0 Å². The molecular formula is C23H28F3N3O. The van der Waals surface area contributed by atoms with Crippen LogP contribution in [0, 0.1) is 0 Å². The SMILES string of the molecule is CCN1CCN(Cc2ccccc2CNC(=O)Cc2ccc(C(F)(F)F)cc2)CC1. The summed E-state index contributed by atoms with van der Waals surface area (Å²) in [5.74, 6) is -0.207. The van der Waals surface area contributed by atoms with Gasteiger partial charge in [-0.1, -0.05) is 43.3 Å². The van der Waals surface area contributed by atoms with Gasteiger partial charge in [0.2, 0.25) is 5.91 Å². The molecule has 30 heavy (non-hydrogen) atoms. The quantitative estimate of drug-likeness (QED) is 0.743. The smallest absolute Gasteiger partial charge is 0.352 e. The minimum atomic E-state index is -4.37. The monoisotopic (exact) mass is 419 g/mol. The van der Waals surface area contributed by atoms with Crippen molar-refractivity contribution in [3.8, 4) is 0 Å². The molecule has 0 saturated carbocycles. The number of nitrogens with zero attached hydrogens (tertiary/aromatic N) is 2. The summed E-state index contributed by atoms with van der Waals surface area (Å²) in [4.78, 5) is 17.1. The van der Waals surface area contributed by atoms with Crippen molar-refractivity contribution >= 4 is 5.91 Å². The molecule has 2 aromatic rings. The van der Waals surface area contributed by atoms with Gasteiger partial charge in [0.15, 0.2) is 0 Å². The van der Waals surface area contributed by atoms with E-state index in [-0.39, 0.29) is 12.3 Å². The van der Waals surface area contributed by atoms with Crippen LogP contribution in [0.2, 0.25) is 0 Å². The molecule has 0 spiro atoms. The third-order valence-corrected chi connectivity index (χ3v) is 5.55. The number of carbonyl (C=O) groups excluding carboxylic acids is 1. The number of hydrogen-bond donors (Lipinski definition) is 1. The molecular weight excluding hydrogens is 391 g/mol. The van der Waals surface area contributed by atoms with Crippen LogP contribution in [-0.2, 0) is 30.5 Å². The Morgan fingerprint density at radius 2 is 1.53 bits per heavy atom. The van der Waals surface area contributed by atoms with E-state index in [2.05, 4.69) is 28.1 Å². The van der Waals surface area contributed by atoms with Crippen LogP contribution in [0.1, 0.15) is 29.2 Å². The summed E-state index contributed by atoms with van der Waals surface area (Å²) < 4.78 is 37.9. The second kappa shape index (κ2) is 10.1. The van der Waals surface area contributed by atoms with E-state index >= 15 is 0 Å². The molecule has 1 amide bonds. The predicted molar refractivity (Wildman–Crippen MR) is 111 cm³/mol. The number of benzene rings is 2. The van der Waals surface area contributed by atoms with Gasteiger partial charge in [0.05, 0.1) is 12.0 Å². The highest BCUT2D eigenvalue weighted by atomic mass is 19.4. The molecule has 1 heterocycles. The second-order valence-electron chi connectivity index (χ2n) is 7.63. The Bertz CT molecular complexity index is 828. The molecule has 0 atom stereocenters. The van der Waals surface area contributed by atoms with Gasteiger partial charge in [-0.05, 0) is 35.4 Å². The van der Waals surface area contributed by atoms with E-state index in [1.807, 2.05) is 18.2 Å². The zero-order valence-electron chi connectivity index (χ0n) is 17.2. The molecule has 0 unspecified atom stereocenters. The first kappa shape index (κ1) is 22.3. The molecule has 3 rings (SSSR count). The fourth-order valence-electron chi connectivity index (χ4n) is 3.64. The third kappa shape index (κ3) is 6.31. The van der Waals surface area contributed by atoms with Crippen LogP contribution in [0.3, 0.4) is 0 Å². The number of alkyl halides is 3. The van der Waals surface area contributed by atoms with Gasteiger partial charge in [0.1, 0.15) is 0 Å². The van der Waals surface area contributed by atoms with Gasteiger partial charge in [-0.15, -0.1) is 0 Å². The Balaban J connectivity index is 1.52. The second-order valence-corrected chi connectivity index (χ2v) is 7.63. The van der Waals surface area contributed by atoms with Crippen LogP contribution in [0.4, 0.5) is 13.2 Å². The molecule has 1 saturated heterocycles. The molecule has 7 heteroatoms. The largest absolute Gasteiger partial charge is 0.416 e. The fraction of sp³-hybridized carbons (Fsp3) is 0.435. The highest BCUT2D eigenvalue weighted by Gasteiger charge is 2.30. The first-order valence-corrected chi connectivity index (χ1v) is 10.3. The molecule has 1 aliphatic rings.